The topological polar surface area (TPSA) is 74.1 Å². The molecule has 0 amide bonds. The van der Waals surface area contributed by atoms with Gasteiger partial charge in [-0.15, -0.1) is 0 Å². The molecular weight excluding hydrogens is 427 g/mol. The predicted octanol–water partition coefficient (Wildman–Crippen LogP) is 4.30. The van der Waals surface area contributed by atoms with Crippen LogP contribution in [0.4, 0.5) is 8.78 Å². The number of ketones is 1. The van der Waals surface area contributed by atoms with E-state index < -0.39 is 17.2 Å². The van der Waals surface area contributed by atoms with E-state index in [0.717, 1.165) is 6.20 Å². The molecule has 0 unspecified atom stereocenters. The van der Waals surface area contributed by atoms with Gasteiger partial charge in [0, 0.05) is 30.9 Å². The molecule has 0 aliphatic heterocycles. The molecule has 6 nitrogen and oxygen atoms in total. The average molecular weight is 440 g/mol. The summed E-state index contributed by atoms with van der Waals surface area (Å²) in [7, 11) is 0. The number of carbonyl (C=O) groups excluding carboxylic acids is 1. The third-order valence-corrected chi connectivity index (χ3v) is 4.62. The van der Waals surface area contributed by atoms with Crippen LogP contribution in [-0.2, 0) is 6.61 Å². The van der Waals surface area contributed by atoms with E-state index in [2.05, 4.69) is 9.97 Å². The van der Waals surface area contributed by atoms with E-state index in [1.165, 1.54) is 29.8 Å². The van der Waals surface area contributed by atoms with Crippen LogP contribution in [0.2, 0.25) is 10.0 Å². The van der Waals surface area contributed by atoms with Crippen molar-refractivity contribution < 1.29 is 18.3 Å². The first-order valence-corrected chi connectivity index (χ1v) is 8.96. The average Bonchev–Trinajstić information content (AvgIpc) is 2.66. The molecule has 0 radical (unpaired) electrons. The monoisotopic (exact) mass is 439 g/mol. The lowest BCUT2D eigenvalue weighted by molar-refractivity contribution is 0.101. The highest BCUT2D eigenvalue weighted by Gasteiger charge is 2.18. The number of hydrogen-bond acceptors (Lipinski definition) is 5. The van der Waals surface area contributed by atoms with E-state index in [1.807, 2.05) is 0 Å². The largest absolute Gasteiger partial charge is 0.485 e. The molecule has 3 rings (SSSR count). The molecule has 0 bridgehead atoms. The first kappa shape index (κ1) is 20.9. The summed E-state index contributed by atoms with van der Waals surface area (Å²) in [6, 6.07) is 3.51. The fourth-order valence-corrected chi connectivity index (χ4v) is 2.95. The third-order valence-electron chi connectivity index (χ3n) is 3.99. The molecule has 3 heterocycles. The van der Waals surface area contributed by atoms with Gasteiger partial charge in [0.15, 0.2) is 11.6 Å². The highest BCUT2D eigenvalue weighted by Crippen LogP contribution is 2.27. The Kier molecular flexibility index (Phi) is 5.95. The van der Waals surface area contributed by atoms with Crippen LogP contribution in [0.3, 0.4) is 0 Å². The SMILES string of the molecule is CC(=O)c1cc(-n2c(C)cc(OCc3ncc(F)cc3F)c(Cl)c2=O)c(Cl)cn1. The second-order valence-corrected chi connectivity index (χ2v) is 6.84. The zero-order valence-electron chi connectivity index (χ0n) is 15.2. The van der Waals surface area contributed by atoms with Gasteiger partial charge < -0.3 is 4.74 Å². The minimum Gasteiger partial charge on any atom is -0.485 e. The summed E-state index contributed by atoms with van der Waals surface area (Å²) in [4.78, 5) is 31.9. The maximum atomic E-state index is 13.7. The quantitative estimate of drug-likeness (QED) is 0.553. The summed E-state index contributed by atoms with van der Waals surface area (Å²) in [6.07, 6.45) is 2.12. The first-order chi connectivity index (χ1) is 13.7. The summed E-state index contributed by atoms with van der Waals surface area (Å²) in [5.74, 6) is -2.00. The van der Waals surface area contributed by atoms with Crippen LogP contribution >= 0.6 is 23.2 Å². The molecule has 0 fully saturated rings. The van der Waals surface area contributed by atoms with Crippen molar-refractivity contribution in [2.75, 3.05) is 0 Å². The van der Waals surface area contributed by atoms with Gasteiger partial charge in [-0.3, -0.25) is 24.1 Å². The molecule has 0 aromatic carbocycles. The Labute approximate surface area is 173 Å². The summed E-state index contributed by atoms with van der Waals surface area (Å²) >= 11 is 12.3. The van der Waals surface area contributed by atoms with Crippen LogP contribution in [0.25, 0.3) is 5.69 Å². The van der Waals surface area contributed by atoms with Gasteiger partial charge in [0.05, 0.1) is 16.9 Å². The lowest BCUT2D eigenvalue weighted by Crippen LogP contribution is -2.22. The molecule has 29 heavy (non-hydrogen) atoms. The molecule has 0 spiro atoms. The van der Waals surface area contributed by atoms with Crippen molar-refractivity contribution in [3.05, 3.63) is 79.7 Å². The number of carbonyl (C=O) groups is 1. The number of aromatic nitrogens is 3. The summed E-state index contributed by atoms with van der Waals surface area (Å²) in [5.41, 5.74) is -0.0482. The molecule has 0 aliphatic carbocycles. The number of hydrogen-bond donors (Lipinski definition) is 0. The Bertz CT molecular complexity index is 1180. The van der Waals surface area contributed by atoms with Crippen molar-refractivity contribution in [2.24, 2.45) is 0 Å². The number of rotatable bonds is 5. The molecule has 150 valence electrons. The van der Waals surface area contributed by atoms with Gasteiger partial charge in [-0.1, -0.05) is 23.2 Å². The lowest BCUT2D eigenvalue weighted by atomic mass is 10.2. The van der Waals surface area contributed by atoms with Crippen molar-refractivity contribution in [2.45, 2.75) is 20.5 Å². The van der Waals surface area contributed by atoms with E-state index in [0.29, 0.717) is 11.8 Å². The van der Waals surface area contributed by atoms with Crippen LogP contribution in [0.5, 0.6) is 5.75 Å². The molecule has 0 atom stereocenters. The second kappa shape index (κ2) is 8.26. The van der Waals surface area contributed by atoms with Gasteiger partial charge in [-0.25, -0.2) is 8.78 Å². The van der Waals surface area contributed by atoms with E-state index in [9.17, 15) is 18.4 Å². The molecular formula is C19H13Cl2F2N3O3. The number of nitrogens with zero attached hydrogens (tertiary/aromatic N) is 3. The minimum absolute atomic E-state index is 0.00656. The predicted molar refractivity (Wildman–Crippen MR) is 103 cm³/mol. The van der Waals surface area contributed by atoms with E-state index >= 15 is 0 Å². The van der Waals surface area contributed by atoms with Crippen LogP contribution < -0.4 is 10.3 Å². The molecule has 10 heteroatoms. The Morgan fingerprint density at radius 3 is 2.55 bits per heavy atom. The minimum atomic E-state index is -0.883. The summed E-state index contributed by atoms with van der Waals surface area (Å²) in [5, 5.41) is -0.141. The van der Waals surface area contributed by atoms with E-state index in [4.69, 9.17) is 27.9 Å². The van der Waals surface area contributed by atoms with Crippen molar-refractivity contribution in [3.8, 4) is 11.4 Å². The van der Waals surface area contributed by atoms with Crippen molar-refractivity contribution in [1.82, 2.24) is 14.5 Å². The molecule has 0 saturated heterocycles. The number of aryl methyl sites for hydroxylation is 1. The zero-order chi connectivity index (χ0) is 21.3. The third kappa shape index (κ3) is 4.28. The molecule has 3 aromatic heterocycles. The van der Waals surface area contributed by atoms with Gasteiger partial charge in [-0.2, -0.15) is 0 Å². The lowest BCUT2D eigenvalue weighted by Gasteiger charge is -2.15. The zero-order valence-corrected chi connectivity index (χ0v) is 16.7. The Balaban J connectivity index is 2.00. The molecule has 0 saturated carbocycles. The van der Waals surface area contributed by atoms with Gasteiger partial charge in [0.1, 0.15) is 34.6 Å². The van der Waals surface area contributed by atoms with Gasteiger partial charge in [0.25, 0.3) is 5.56 Å². The summed E-state index contributed by atoms with van der Waals surface area (Å²) < 4.78 is 33.3. The molecule has 0 N–H and O–H groups in total. The highest BCUT2D eigenvalue weighted by atomic mass is 35.5. The Morgan fingerprint density at radius 1 is 1.17 bits per heavy atom. The molecule has 0 aliphatic rings. The standard InChI is InChI=1S/C19H13Cl2F2N3O3/c1-9-3-17(29-8-15-13(23)4-11(22)6-24-15)18(21)19(28)26(9)16-5-14(10(2)27)25-7-12(16)20/h3-7H,8H2,1-2H3. The second-order valence-electron chi connectivity index (χ2n) is 6.05. The van der Waals surface area contributed by atoms with Crippen LogP contribution in [-0.4, -0.2) is 20.3 Å². The Hall–Kier alpha value is -2.84. The van der Waals surface area contributed by atoms with Gasteiger partial charge in [0.2, 0.25) is 0 Å². The normalized spacial score (nSPS) is 10.8. The fourth-order valence-electron chi connectivity index (χ4n) is 2.57. The smallest absolute Gasteiger partial charge is 0.277 e. The number of ether oxygens (including phenoxy) is 1. The summed E-state index contributed by atoms with van der Waals surface area (Å²) in [6.45, 7) is 2.58. The van der Waals surface area contributed by atoms with E-state index in [-0.39, 0.29) is 45.3 Å². The Morgan fingerprint density at radius 2 is 1.90 bits per heavy atom. The number of halogens is 4. The van der Waals surface area contributed by atoms with E-state index in [1.54, 1.807) is 6.92 Å². The molecule has 3 aromatic rings. The maximum absolute atomic E-state index is 13.7. The van der Waals surface area contributed by atoms with Gasteiger partial charge in [-0.05, 0) is 13.0 Å². The highest BCUT2D eigenvalue weighted by molar-refractivity contribution is 6.33. The van der Waals surface area contributed by atoms with Crippen molar-refractivity contribution >= 4 is 29.0 Å². The van der Waals surface area contributed by atoms with Crippen molar-refractivity contribution in [1.29, 1.82) is 0 Å². The maximum Gasteiger partial charge on any atom is 0.277 e. The first-order valence-electron chi connectivity index (χ1n) is 8.20. The van der Waals surface area contributed by atoms with Gasteiger partial charge >= 0.3 is 0 Å². The van der Waals surface area contributed by atoms with Crippen LogP contribution in [0, 0.1) is 18.6 Å². The number of pyridine rings is 3. The van der Waals surface area contributed by atoms with Crippen LogP contribution in [0.15, 0.2) is 35.4 Å². The number of Topliss-reactive ketones (excluding diaryl/α,β-unsaturated/α-hetero) is 1. The fraction of sp³-hybridized carbons (Fsp3) is 0.158. The van der Waals surface area contributed by atoms with Crippen LogP contribution in [0.1, 0.15) is 28.8 Å². The van der Waals surface area contributed by atoms with Crippen molar-refractivity contribution in [3.63, 3.8) is 0 Å².